The van der Waals surface area contributed by atoms with Crippen LogP contribution in [0.3, 0.4) is 0 Å². The minimum atomic E-state index is -5.27. The van der Waals surface area contributed by atoms with Crippen LogP contribution in [-0.4, -0.2) is 66.6 Å². The van der Waals surface area contributed by atoms with Crippen LogP contribution in [0.4, 0.5) is 18.9 Å². The van der Waals surface area contributed by atoms with Gasteiger partial charge >= 0.3 is 12.1 Å². The summed E-state index contributed by atoms with van der Waals surface area (Å²) >= 11 is 1.47. The fourth-order valence-electron chi connectivity index (χ4n) is 4.78. The highest BCUT2D eigenvalue weighted by Gasteiger charge is 2.41. The molecule has 5 N–H and O–H groups in total. The summed E-state index contributed by atoms with van der Waals surface area (Å²) in [6, 6.07) is 25.3. The highest BCUT2D eigenvalue weighted by Crippen LogP contribution is 2.20. The number of benzene rings is 4. The van der Waals surface area contributed by atoms with E-state index >= 15 is 0 Å². The van der Waals surface area contributed by atoms with Crippen molar-refractivity contribution in [3.05, 3.63) is 108 Å². The zero-order valence-electron chi connectivity index (χ0n) is 27.1. The number of carbonyl (C=O) groups is 4. The number of carbonyl (C=O) groups excluding carboxylic acids is 4. The molecular weight excluding hydrogens is 673 g/mol. The number of fused-ring (bicyclic) bond motifs is 1. The van der Waals surface area contributed by atoms with Crippen molar-refractivity contribution in [2.24, 2.45) is 5.73 Å². The lowest BCUT2D eigenvalue weighted by Crippen LogP contribution is -2.56. The molecule has 0 spiro atoms. The molecule has 0 unspecified atom stereocenters. The zero-order valence-corrected chi connectivity index (χ0v) is 27.9. The van der Waals surface area contributed by atoms with Gasteiger partial charge in [-0.1, -0.05) is 72.8 Å². The number of halogens is 3. The molecule has 50 heavy (non-hydrogen) atoms. The van der Waals surface area contributed by atoms with Crippen molar-refractivity contribution in [3.8, 4) is 5.75 Å². The van der Waals surface area contributed by atoms with Gasteiger partial charge in [0.15, 0.2) is 0 Å². The van der Waals surface area contributed by atoms with E-state index in [0.717, 1.165) is 16.3 Å². The first-order valence-electron chi connectivity index (χ1n) is 15.6. The van der Waals surface area contributed by atoms with Crippen LogP contribution in [0.2, 0.25) is 0 Å². The third-order valence-corrected chi connectivity index (χ3v) is 8.11. The number of rotatable bonds is 16. The van der Waals surface area contributed by atoms with Gasteiger partial charge in [-0.3, -0.25) is 14.4 Å². The summed E-state index contributed by atoms with van der Waals surface area (Å²) in [6.07, 6.45) is -3.24. The lowest BCUT2D eigenvalue weighted by Gasteiger charge is -2.24. The molecule has 0 bridgehead atoms. The first-order chi connectivity index (χ1) is 23.9. The number of thioether (sulfide) groups is 1. The molecule has 10 nitrogen and oxygen atoms in total. The summed E-state index contributed by atoms with van der Waals surface area (Å²) in [5.41, 5.74) is 7.80. The van der Waals surface area contributed by atoms with E-state index in [1.807, 2.05) is 73.0 Å². The molecule has 4 aromatic carbocycles. The van der Waals surface area contributed by atoms with Crippen molar-refractivity contribution >= 4 is 51.9 Å². The van der Waals surface area contributed by atoms with Crippen LogP contribution >= 0.6 is 11.8 Å². The summed E-state index contributed by atoms with van der Waals surface area (Å²) in [7, 11) is 0. The number of alkyl halides is 3. The van der Waals surface area contributed by atoms with Gasteiger partial charge < -0.3 is 31.2 Å². The SMILES string of the molecule is CSCC[C@H](NC(=O)[C@H](Cc1ccc(OCc2ccccc2)cc1)NC(=O)[C@H](N)COC(=O)C(F)(F)F)C(=O)Nc1ccc2ccccc2c1. The highest BCUT2D eigenvalue weighted by atomic mass is 32.2. The maximum atomic E-state index is 13.7. The summed E-state index contributed by atoms with van der Waals surface area (Å²) in [5.74, 6) is -3.68. The Kier molecular flexibility index (Phi) is 13.6. The molecule has 0 aliphatic carbocycles. The summed E-state index contributed by atoms with van der Waals surface area (Å²) < 4.78 is 47.7. The Hall–Kier alpha value is -5.08. The minimum Gasteiger partial charge on any atom is -0.489 e. The Labute approximate surface area is 291 Å². The molecule has 0 saturated heterocycles. The Bertz CT molecular complexity index is 1760. The second kappa shape index (κ2) is 18.1. The first kappa shape index (κ1) is 37.7. The van der Waals surface area contributed by atoms with E-state index in [1.165, 1.54) is 11.8 Å². The minimum absolute atomic E-state index is 0.0763. The van der Waals surface area contributed by atoms with E-state index in [2.05, 4.69) is 20.7 Å². The smallest absolute Gasteiger partial charge is 0.489 e. The topological polar surface area (TPSA) is 149 Å². The van der Waals surface area contributed by atoms with Crippen LogP contribution in [0.5, 0.6) is 5.75 Å². The van der Waals surface area contributed by atoms with Gasteiger partial charge in [-0.2, -0.15) is 24.9 Å². The number of hydrogen-bond acceptors (Lipinski definition) is 8. The summed E-state index contributed by atoms with van der Waals surface area (Å²) in [5, 5.41) is 9.89. The van der Waals surface area contributed by atoms with Gasteiger partial charge in [-0.05, 0) is 64.6 Å². The van der Waals surface area contributed by atoms with Gasteiger partial charge in [0.25, 0.3) is 0 Å². The van der Waals surface area contributed by atoms with E-state index in [4.69, 9.17) is 10.5 Å². The average Bonchev–Trinajstić information content (AvgIpc) is 3.11. The molecule has 0 saturated carbocycles. The molecule has 4 aromatic rings. The monoisotopic (exact) mass is 710 g/mol. The van der Waals surface area contributed by atoms with E-state index in [1.54, 1.807) is 30.3 Å². The lowest BCUT2D eigenvalue weighted by atomic mass is 10.0. The third kappa shape index (κ3) is 11.5. The van der Waals surface area contributed by atoms with Crippen molar-refractivity contribution < 1.29 is 41.8 Å². The largest absolute Gasteiger partial charge is 0.490 e. The zero-order chi connectivity index (χ0) is 36.1. The van der Waals surface area contributed by atoms with Gasteiger partial charge in [0.05, 0.1) is 0 Å². The van der Waals surface area contributed by atoms with Crippen molar-refractivity contribution in [3.63, 3.8) is 0 Å². The second-order valence-electron chi connectivity index (χ2n) is 11.3. The molecule has 0 heterocycles. The normalized spacial score (nSPS) is 13.1. The molecule has 14 heteroatoms. The Balaban J connectivity index is 1.48. The molecule has 3 amide bonds. The number of anilines is 1. The first-order valence-corrected chi connectivity index (χ1v) is 17.0. The standard InChI is InChI=1S/C36H37F3N4O6S/c1-50-18-17-30(33(45)41-27-14-13-25-9-5-6-10-26(25)20-27)42-34(46)31(43-32(44)29(40)22-49-35(47)36(37,38)39)19-23-11-15-28(16-12-23)48-21-24-7-3-2-4-8-24/h2-16,20,29-31H,17-19,21-22,40H2,1H3,(H,41,45)(H,42,46)(H,43,44)/t29-,30+,31+/m1/s1. The maximum Gasteiger partial charge on any atom is 0.490 e. The Morgan fingerprint density at radius 2 is 1.44 bits per heavy atom. The molecule has 0 aliphatic rings. The number of hydrogen-bond donors (Lipinski definition) is 4. The predicted octanol–water partition coefficient (Wildman–Crippen LogP) is 4.76. The summed E-state index contributed by atoms with van der Waals surface area (Å²) in [6.45, 7) is -0.743. The Morgan fingerprint density at radius 3 is 2.12 bits per heavy atom. The number of nitrogens with one attached hydrogen (secondary N) is 3. The number of amides is 3. The third-order valence-electron chi connectivity index (χ3n) is 7.47. The molecule has 4 rings (SSSR count). The van der Waals surface area contributed by atoms with Crippen LogP contribution in [-0.2, 0) is 36.9 Å². The van der Waals surface area contributed by atoms with Gasteiger partial charge in [0.1, 0.15) is 37.1 Å². The average molecular weight is 711 g/mol. The second-order valence-corrected chi connectivity index (χ2v) is 12.3. The van der Waals surface area contributed by atoms with Crippen molar-refractivity contribution in [2.45, 2.75) is 43.8 Å². The quantitative estimate of drug-likeness (QED) is 0.122. The van der Waals surface area contributed by atoms with E-state index < -0.39 is 54.6 Å². The highest BCUT2D eigenvalue weighted by molar-refractivity contribution is 7.98. The van der Waals surface area contributed by atoms with Crippen molar-refractivity contribution in [2.75, 3.05) is 23.9 Å². The summed E-state index contributed by atoms with van der Waals surface area (Å²) in [4.78, 5) is 51.2. The van der Waals surface area contributed by atoms with Crippen molar-refractivity contribution in [1.82, 2.24) is 10.6 Å². The number of esters is 1. The molecule has 0 fully saturated rings. The molecule has 0 aliphatic heterocycles. The molecule has 3 atom stereocenters. The van der Waals surface area contributed by atoms with Gasteiger partial charge in [-0.25, -0.2) is 4.79 Å². The lowest BCUT2D eigenvalue weighted by molar-refractivity contribution is -0.200. The molecule has 264 valence electrons. The van der Waals surface area contributed by atoms with E-state index in [0.29, 0.717) is 29.4 Å². The van der Waals surface area contributed by atoms with Gasteiger partial charge in [0.2, 0.25) is 17.7 Å². The molecular formula is C36H37F3N4O6S. The number of nitrogens with two attached hydrogens (primary N) is 1. The van der Waals surface area contributed by atoms with E-state index in [9.17, 15) is 32.3 Å². The molecule has 0 aromatic heterocycles. The van der Waals surface area contributed by atoms with Crippen LogP contribution in [0, 0.1) is 0 Å². The predicted molar refractivity (Wildman–Crippen MR) is 185 cm³/mol. The van der Waals surface area contributed by atoms with Gasteiger partial charge in [0, 0.05) is 12.1 Å². The van der Waals surface area contributed by atoms with Crippen LogP contribution in [0.15, 0.2) is 97.1 Å². The van der Waals surface area contributed by atoms with Crippen LogP contribution in [0.1, 0.15) is 17.5 Å². The number of ether oxygens (including phenoxy) is 2. The molecule has 0 radical (unpaired) electrons. The Morgan fingerprint density at radius 1 is 0.780 bits per heavy atom. The fraction of sp³-hybridized carbons (Fsp3) is 0.278. The van der Waals surface area contributed by atoms with Crippen LogP contribution < -0.4 is 26.4 Å². The fourth-order valence-corrected chi connectivity index (χ4v) is 5.25. The van der Waals surface area contributed by atoms with Crippen molar-refractivity contribution in [1.29, 1.82) is 0 Å². The maximum absolute atomic E-state index is 13.7. The van der Waals surface area contributed by atoms with Gasteiger partial charge in [-0.15, -0.1) is 0 Å². The van der Waals surface area contributed by atoms with E-state index in [-0.39, 0.29) is 12.8 Å². The van der Waals surface area contributed by atoms with Crippen LogP contribution in [0.25, 0.3) is 10.8 Å².